The average Bonchev–Trinajstić information content (AvgIpc) is 2.21. The van der Waals surface area contributed by atoms with E-state index in [0.717, 1.165) is 12.0 Å². The number of aromatic carboxylic acids is 1. The Morgan fingerprint density at radius 2 is 2.00 bits per heavy atom. The molecule has 1 aromatic carbocycles. The van der Waals surface area contributed by atoms with Crippen LogP contribution in [-0.4, -0.2) is 16.2 Å². The van der Waals surface area contributed by atoms with E-state index < -0.39 is 5.97 Å². The molecule has 4 nitrogen and oxygen atoms in total. The maximum Gasteiger partial charge on any atom is 0.339 e. The fourth-order valence-electron chi connectivity index (χ4n) is 1.41. The van der Waals surface area contributed by atoms with Crippen molar-refractivity contribution in [3.05, 3.63) is 23.3 Å². The molecule has 0 fully saturated rings. The molecule has 4 heteroatoms. The summed E-state index contributed by atoms with van der Waals surface area (Å²) < 4.78 is 0. The van der Waals surface area contributed by atoms with Crippen LogP contribution in [0.25, 0.3) is 0 Å². The molecule has 0 unspecified atom stereocenters. The third-order valence-corrected chi connectivity index (χ3v) is 3.04. The van der Waals surface area contributed by atoms with Crippen molar-refractivity contribution in [2.45, 2.75) is 32.6 Å². The summed E-state index contributed by atoms with van der Waals surface area (Å²) in [6, 6.07) is 3.11. The van der Waals surface area contributed by atoms with E-state index in [4.69, 9.17) is 10.8 Å². The first-order valence-corrected chi connectivity index (χ1v) is 5.16. The van der Waals surface area contributed by atoms with Crippen LogP contribution in [0.4, 0.5) is 5.69 Å². The Hall–Kier alpha value is -1.71. The largest absolute Gasteiger partial charge is 0.505 e. The van der Waals surface area contributed by atoms with Crippen molar-refractivity contribution < 1.29 is 15.0 Å². The highest BCUT2D eigenvalue weighted by molar-refractivity contribution is 5.93. The lowest BCUT2D eigenvalue weighted by Gasteiger charge is -2.24. The molecular weight excluding hydrogens is 206 g/mol. The Kier molecular flexibility index (Phi) is 3.12. The van der Waals surface area contributed by atoms with Crippen molar-refractivity contribution in [3.63, 3.8) is 0 Å². The smallest absolute Gasteiger partial charge is 0.339 e. The van der Waals surface area contributed by atoms with Crippen LogP contribution in [-0.2, 0) is 5.41 Å². The van der Waals surface area contributed by atoms with Gasteiger partial charge in [-0.1, -0.05) is 20.8 Å². The monoisotopic (exact) mass is 223 g/mol. The normalized spacial score (nSPS) is 11.4. The first-order chi connectivity index (χ1) is 7.29. The molecule has 4 N–H and O–H groups in total. The van der Waals surface area contributed by atoms with Crippen LogP contribution in [0.5, 0.6) is 5.75 Å². The van der Waals surface area contributed by atoms with Crippen LogP contribution in [0.1, 0.15) is 43.1 Å². The van der Waals surface area contributed by atoms with E-state index >= 15 is 0 Å². The topological polar surface area (TPSA) is 83.5 Å². The van der Waals surface area contributed by atoms with E-state index in [1.807, 2.05) is 20.8 Å². The first kappa shape index (κ1) is 12.4. The number of carboxylic acids is 1. The maximum absolute atomic E-state index is 10.9. The molecule has 0 saturated carbocycles. The molecule has 0 aliphatic rings. The number of carbonyl (C=O) groups is 1. The third kappa shape index (κ3) is 2.10. The molecule has 0 bridgehead atoms. The van der Waals surface area contributed by atoms with Gasteiger partial charge in [0.2, 0.25) is 0 Å². The SMILES string of the molecule is CCC(C)(C)c1cc(N)c(O)c(C(=O)O)c1. The summed E-state index contributed by atoms with van der Waals surface area (Å²) >= 11 is 0. The van der Waals surface area contributed by atoms with Crippen LogP contribution >= 0.6 is 0 Å². The summed E-state index contributed by atoms with van der Waals surface area (Å²) in [5.41, 5.74) is 6.22. The fourth-order valence-corrected chi connectivity index (χ4v) is 1.41. The van der Waals surface area contributed by atoms with Gasteiger partial charge in [0.25, 0.3) is 0 Å². The molecule has 0 aliphatic carbocycles. The van der Waals surface area contributed by atoms with E-state index in [2.05, 4.69) is 0 Å². The van der Waals surface area contributed by atoms with Gasteiger partial charge in [-0.25, -0.2) is 4.79 Å². The lowest BCUT2D eigenvalue weighted by atomic mass is 9.81. The van der Waals surface area contributed by atoms with Crippen molar-refractivity contribution in [1.29, 1.82) is 0 Å². The summed E-state index contributed by atoms with van der Waals surface area (Å²) in [7, 11) is 0. The minimum atomic E-state index is -1.17. The highest BCUT2D eigenvalue weighted by Crippen LogP contribution is 2.34. The molecule has 0 aliphatic heterocycles. The van der Waals surface area contributed by atoms with Gasteiger partial charge < -0.3 is 15.9 Å². The zero-order chi connectivity index (χ0) is 12.5. The number of phenols is 1. The summed E-state index contributed by atoms with van der Waals surface area (Å²) in [6.45, 7) is 6.03. The van der Waals surface area contributed by atoms with Crippen molar-refractivity contribution in [2.75, 3.05) is 5.73 Å². The van der Waals surface area contributed by atoms with Crippen LogP contribution in [0.15, 0.2) is 12.1 Å². The Bertz CT molecular complexity index is 425. The van der Waals surface area contributed by atoms with Crippen LogP contribution in [0.2, 0.25) is 0 Å². The molecule has 0 atom stereocenters. The highest BCUT2D eigenvalue weighted by Gasteiger charge is 2.22. The minimum absolute atomic E-state index is 0.108. The van der Waals surface area contributed by atoms with Crippen molar-refractivity contribution in [1.82, 2.24) is 0 Å². The van der Waals surface area contributed by atoms with Gasteiger partial charge in [0.05, 0.1) is 5.69 Å². The van der Waals surface area contributed by atoms with Gasteiger partial charge in [-0.05, 0) is 29.5 Å². The predicted molar refractivity (Wildman–Crippen MR) is 62.8 cm³/mol. The Morgan fingerprint density at radius 3 is 2.44 bits per heavy atom. The van der Waals surface area contributed by atoms with Gasteiger partial charge in [0.1, 0.15) is 5.56 Å². The summed E-state index contributed by atoms with van der Waals surface area (Å²) in [4.78, 5) is 10.9. The molecule has 0 spiro atoms. The third-order valence-electron chi connectivity index (χ3n) is 3.04. The summed E-state index contributed by atoms with van der Waals surface area (Å²) in [6.07, 6.45) is 0.857. The molecule has 0 heterocycles. The van der Waals surface area contributed by atoms with Crippen molar-refractivity contribution in [3.8, 4) is 5.75 Å². The van der Waals surface area contributed by atoms with Crippen LogP contribution < -0.4 is 5.73 Å². The van der Waals surface area contributed by atoms with Crippen molar-refractivity contribution in [2.24, 2.45) is 0 Å². The summed E-state index contributed by atoms with van der Waals surface area (Å²) in [5, 5.41) is 18.5. The van der Waals surface area contributed by atoms with Gasteiger partial charge in [-0.2, -0.15) is 0 Å². The standard InChI is InChI=1S/C12H17NO3/c1-4-12(2,3)7-5-8(11(15)16)10(14)9(13)6-7/h5-6,14H,4,13H2,1-3H3,(H,15,16). The number of aromatic hydroxyl groups is 1. The van der Waals surface area contributed by atoms with Crippen LogP contribution in [0.3, 0.4) is 0 Å². The van der Waals surface area contributed by atoms with Gasteiger partial charge in [-0.15, -0.1) is 0 Å². The fraction of sp³-hybridized carbons (Fsp3) is 0.417. The predicted octanol–water partition coefficient (Wildman–Crippen LogP) is 2.36. The van der Waals surface area contributed by atoms with E-state index in [-0.39, 0.29) is 22.4 Å². The maximum atomic E-state index is 10.9. The zero-order valence-corrected chi connectivity index (χ0v) is 9.74. The van der Waals surface area contributed by atoms with Gasteiger partial charge in [-0.3, -0.25) is 0 Å². The second-order valence-corrected chi connectivity index (χ2v) is 4.50. The lowest BCUT2D eigenvalue weighted by molar-refractivity contribution is 0.0693. The zero-order valence-electron chi connectivity index (χ0n) is 9.74. The Morgan fingerprint density at radius 1 is 1.44 bits per heavy atom. The number of nitrogens with two attached hydrogens (primary N) is 1. The van der Waals surface area contributed by atoms with Gasteiger partial charge >= 0.3 is 5.97 Å². The highest BCUT2D eigenvalue weighted by atomic mass is 16.4. The van der Waals surface area contributed by atoms with Crippen LogP contribution in [0, 0.1) is 0 Å². The number of hydrogen-bond donors (Lipinski definition) is 3. The number of anilines is 1. The molecule has 16 heavy (non-hydrogen) atoms. The van der Waals surface area contributed by atoms with Crippen molar-refractivity contribution >= 4 is 11.7 Å². The molecule has 0 radical (unpaired) electrons. The number of benzene rings is 1. The molecule has 0 amide bonds. The molecule has 88 valence electrons. The van der Waals surface area contributed by atoms with E-state index in [1.54, 1.807) is 6.07 Å². The van der Waals surface area contributed by atoms with Gasteiger partial charge in [0.15, 0.2) is 5.75 Å². The van der Waals surface area contributed by atoms with E-state index in [1.165, 1.54) is 6.07 Å². The number of rotatable bonds is 3. The minimum Gasteiger partial charge on any atom is -0.505 e. The average molecular weight is 223 g/mol. The first-order valence-electron chi connectivity index (χ1n) is 5.16. The number of nitrogen functional groups attached to an aromatic ring is 1. The molecule has 1 rings (SSSR count). The van der Waals surface area contributed by atoms with E-state index in [0.29, 0.717) is 0 Å². The lowest BCUT2D eigenvalue weighted by Crippen LogP contribution is -2.17. The number of hydrogen-bond acceptors (Lipinski definition) is 3. The Labute approximate surface area is 94.7 Å². The van der Waals surface area contributed by atoms with E-state index in [9.17, 15) is 9.90 Å². The van der Waals surface area contributed by atoms with Gasteiger partial charge in [0, 0.05) is 0 Å². The Balaban J connectivity index is 3.41. The molecular formula is C12H17NO3. The quantitative estimate of drug-likeness (QED) is 0.542. The second kappa shape index (κ2) is 4.04. The molecule has 0 saturated heterocycles. The molecule has 1 aromatic rings. The summed E-state index contributed by atoms with van der Waals surface area (Å²) in [5.74, 6) is -1.53. The second-order valence-electron chi connectivity index (χ2n) is 4.50. The number of carboxylic acid groups (broad SMARTS) is 1. The molecule has 0 aromatic heterocycles.